The molecule has 0 spiro atoms. The fraction of sp³-hybridized carbons (Fsp3) is 0.107. The zero-order valence-corrected chi connectivity index (χ0v) is 20.3. The summed E-state index contributed by atoms with van der Waals surface area (Å²) in [4.78, 5) is 26.1. The van der Waals surface area contributed by atoms with E-state index in [0.29, 0.717) is 23.8 Å². The largest absolute Gasteiger partial charge is 0.457 e. The Hall–Kier alpha value is -5.23. The molecule has 0 aliphatic carbocycles. The number of pyridine rings is 1. The molecule has 9 heteroatoms. The number of ether oxygens (including phenoxy) is 1. The number of benzene rings is 2. The van der Waals surface area contributed by atoms with Gasteiger partial charge in [0.2, 0.25) is 5.91 Å². The van der Waals surface area contributed by atoms with Crippen LogP contribution in [-0.4, -0.2) is 49.0 Å². The molecule has 9 nitrogen and oxygen atoms in total. The normalized spacial score (nSPS) is 10.5. The van der Waals surface area contributed by atoms with Crippen LogP contribution in [0.25, 0.3) is 16.6 Å². The highest BCUT2D eigenvalue weighted by Crippen LogP contribution is 2.30. The maximum absolute atomic E-state index is 11.6. The van der Waals surface area contributed by atoms with Crippen LogP contribution in [0.4, 0.5) is 11.5 Å². The number of anilines is 2. The lowest BCUT2D eigenvalue weighted by Gasteiger charge is -2.13. The summed E-state index contributed by atoms with van der Waals surface area (Å²) in [5, 5.41) is 8.32. The number of aromatic nitrogens is 5. The first-order chi connectivity index (χ1) is 18.0. The van der Waals surface area contributed by atoms with Crippen LogP contribution in [0, 0.1) is 18.8 Å². The second kappa shape index (κ2) is 10.2. The second-order valence-electron chi connectivity index (χ2n) is 8.29. The van der Waals surface area contributed by atoms with Crippen molar-refractivity contribution in [1.29, 1.82) is 0 Å². The minimum absolute atomic E-state index is 0.171. The zero-order valence-electron chi connectivity index (χ0n) is 20.3. The van der Waals surface area contributed by atoms with E-state index in [0.717, 1.165) is 33.5 Å². The van der Waals surface area contributed by atoms with Gasteiger partial charge in [0, 0.05) is 35.9 Å². The molecule has 3 aromatic heterocycles. The van der Waals surface area contributed by atoms with Crippen molar-refractivity contribution < 1.29 is 9.53 Å². The molecule has 3 heterocycles. The van der Waals surface area contributed by atoms with Crippen LogP contribution in [-0.2, 0) is 4.79 Å². The van der Waals surface area contributed by atoms with Crippen molar-refractivity contribution in [1.82, 2.24) is 29.5 Å². The Labute approximate surface area is 213 Å². The Balaban J connectivity index is 1.35. The lowest BCUT2D eigenvalue weighted by Crippen LogP contribution is -2.24. The van der Waals surface area contributed by atoms with Gasteiger partial charge < -0.3 is 15.0 Å². The van der Waals surface area contributed by atoms with Crippen LogP contribution in [0.2, 0.25) is 0 Å². The quantitative estimate of drug-likeness (QED) is 0.277. The van der Waals surface area contributed by atoms with Crippen LogP contribution in [0.5, 0.6) is 11.5 Å². The number of nitrogens with zero attached hydrogens (tertiary/aromatic N) is 6. The zero-order chi connectivity index (χ0) is 25.8. The number of nitrogens with one attached hydrogen (secondary N) is 1. The molecule has 5 aromatic rings. The molecule has 37 heavy (non-hydrogen) atoms. The lowest BCUT2D eigenvalue weighted by molar-refractivity contribution is -0.124. The van der Waals surface area contributed by atoms with Crippen molar-refractivity contribution in [3.63, 3.8) is 0 Å². The SMILES string of the molecule is C=CC(=O)N(C)CC#Cc1ccc2ncnc(Nc3ccc(Oc4ccn5ncnc5c4)c(C)c3)c2c1. The Kier molecular flexibility index (Phi) is 6.46. The maximum Gasteiger partial charge on any atom is 0.246 e. The third kappa shape index (κ3) is 5.23. The highest BCUT2D eigenvalue weighted by molar-refractivity contribution is 5.91. The summed E-state index contributed by atoms with van der Waals surface area (Å²) in [6, 6.07) is 15.3. The van der Waals surface area contributed by atoms with Crippen LogP contribution in [0.3, 0.4) is 0 Å². The van der Waals surface area contributed by atoms with Gasteiger partial charge in [-0.2, -0.15) is 5.10 Å². The van der Waals surface area contributed by atoms with Gasteiger partial charge in [0.05, 0.1) is 12.1 Å². The van der Waals surface area contributed by atoms with E-state index in [1.165, 1.54) is 23.6 Å². The molecule has 182 valence electrons. The average molecular weight is 490 g/mol. The summed E-state index contributed by atoms with van der Waals surface area (Å²) in [7, 11) is 1.68. The molecule has 0 radical (unpaired) electrons. The summed E-state index contributed by atoms with van der Waals surface area (Å²) in [5.74, 6) is 8.02. The fourth-order valence-corrected chi connectivity index (χ4v) is 3.69. The molecule has 0 atom stereocenters. The average Bonchev–Trinajstić information content (AvgIpc) is 3.38. The minimum atomic E-state index is -0.171. The van der Waals surface area contributed by atoms with Gasteiger partial charge in [0.15, 0.2) is 5.65 Å². The number of hydrogen-bond acceptors (Lipinski definition) is 7. The maximum atomic E-state index is 11.6. The smallest absolute Gasteiger partial charge is 0.246 e. The van der Waals surface area contributed by atoms with E-state index < -0.39 is 0 Å². The van der Waals surface area contributed by atoms with Gasteiger partial charge in [-0.1, -0.05) is 18.4 Å². The van der Waals surface area contributed by atoms with Crippen molar-refractivity contribution in [3.8, 4) is 23.3 Å². The van der Waals surface area contributed by atoms with Crippen LogP contribution < -0.4 is 10.1 Å². The van der Waals surface area contributed by atoms with Gasteiger partial charge >= 0.3 is 0 Å². The number of likely N-dealkylation sites (N-methyl/N-ethyl adjacent to an activating group) is 1. The van der Waals surface area contributed by atoms with Gasteiger partial charge in [0.1, 0.15) is 30.0 Å². The first kappa shape index (κ1) is 23.5. The Morgan fingerprint density at radius 3 is 2.86 bits per heavy atom. The summed E-state index contributed by atoms with van der Waals surface area (Å²) in [5.41, 5.74) is 4.12. The van der Waals surface area contributed by atoms with Crippen molar-refractivity contribution in [2.45, 2.75) is 6.92 Å². The minimum Gasteiger partial charge on any atom is -0.457 e. The Morgan fingerprint density at radius 2 is 2.03 bits per heavy atom. The number of rotatable bonds is 6. The molecule has 2 aromatic carbocycles. The predicted octanol–water partition coefficient (Wildman–Crippen LogP) is 4.51. The third-order valence-electron chi connectivity index (χ3n) is 5.65. The lowest BCUT2D eigenvalue weighted by atomic mass is 10.1. The van der Waals surface area contributed by atoms with E-state index in [4.69, 9.17) is 4.74 Å². The van der Waals surface area contributed by atoms with E-state index >= 15 is 0 Å². The molecular weight excluding hydrogens is 466 g/mol. The first-order valence-electron chi connectivity index (χ1n) is 11.5. The highest BCUT2D eigenvalue weighted by Gasteiger charge is 2.09. The Bertz CT molecular complexity index is 1700. The van der Waals surface area contributed by atoms with Crippen LogP contribution in [0.1, 0.15) is 11.1 Å². The molecule has 5 rings (SSSR count). The standard InChI is InChI=1S/C28H23N7O2/c1-4-27(36)34(3)12-5-6-20-7-9-24-23(15-20)28(31-17-29-24)33-21-8-10-25(19(2)14-21)37-22-11-13-35-26(16-22)30-18-32-35/h4,7-11,13-18H,1,12H2,2-3H3,(H,29,31,33). The number of amides is 1. The molecule has 0 saturated carbocycles. The molecule has 0 aliphatic rings. The molecular formula is C28H23N7O2. The van der Waals surface area contributed by atoms with Crippen LogP contribution >= 0.6 is 0 Å². The van der Waals surface area contributed by atoms with Crippen molar-refractivity contribution in [3.05, 3.63) is 91.2 Å². The molecule has 0 fully saturated rings. The number of aryl methyl sites for hydroxylation is 1. The molecule has 0 unspecified atom stereocenters. The summed E-state index contributed by atoms with van der Waals surface area (Å²) in [6.45, 7) is 5.78. The Morgan fingerprint density at radius 1 is 1.14 bits per heavy atom. The summed E-state index contributed by atoms with van der Waals surface area (Å²) >= 11 is 0. The van der Waals surface area contributed by atoms with Gasteiger partial charge in [-0.15, -0.1) is 0 Å². The van der Waals surface area contributed by atoms with Gasteiger partial charge in [-0.05, 0) is 61.0 Å². The molecule has 0 aliphatic heterocycles. The van der Waals surface area contributed by atoms with E-state index in [1.54, 1.807) is 17.8 Å². The van der Waals surface area contributed by atoms with Crippen molar-refractivity contribution in [2.75, 3.05) is 18.9 Å². The third-order valence-corrected chi connectivity index (χ3v) is 5.65. The van der Waals surface area contributed by atoms with Gasteiger partial charge in [0.25, 0.3) is 0 Å². The molecule has 0 bridgehead atoms. The van der Waals surface area contributed by atoms with E-state index in [-0.39, 0.29) is 5.91 Å². The van der Waals surface area contributed by atoms with Gasteiger partial charge in [-0.3, -0.25) is 4.79 Å². The second-order valence-corrected chi connectivity index (χ2v) is 8.29. The van der Waals surface area contributed by atoms with Crippen molar-refractivity contribution >= 4 is 34.0 Å². The molecule has 0 saturated heterocycles. The summed E-state index contributed by atoms with van der Waals surface area (Å²) < 4.78 is 7.75. The molecule has 1 amide bonds. The van der Waals surface area contributed by atoms with E-state index in [9.17, 15) is 4.79 Å². The number of fused-ring (bicyclic) bond motifs is 2. The van der Waals surface area contributed by atoms with Crippen molar-refractivity contribution in [2.24, 2.45) is 0 Å². The first-order valence-corrected chi connectivity index (χ1v) is 11.5. The molecule has 1 N–H and O–H groups in total. The highest BCUT2D eigenvalue weighted by atomic mass is 16.5. The number of carbonyl (C=O) groups is 1. The fourth-order valence-electron chi connectivity index (χ4n) is 3.69. The number of hydrogen-bond donors (Lipinski definition) is 1. The van der Waals surface area contributed by atoms with Gasteiger partial charge in [-0.25, -0.2) is 19.5 Å². The van der Waals surface area contributed by atoms with E-state index in [2.05, 4.69) is 43.8 Å². The van der Waals surface area contributed by atoms with E-state index in [1.807, 2.05) is 55.5 Å². The topological polar surface area (TPSA) is 97.5 Å². The van der Waals surface area contributed by atoms with Crippen LogP contribution in [0.15, 0.2) is 80.0 Å². The monoisotopic (exact) mass is 489 g/mol. The number of carbonyl (C=O) groups excluding carboxylic acids is 1. The predicted molar refractivity (Wildman–Crippen MR) is 142 cm³/mol. The summed E-state index contributed by atoms with van der Waals surface area (Å²) in [6.07, 6.45) is 6.10.